The van der Waals surface area contributed by atoms with E-state index in [1.807, 2.05) is 6.07 Å². The number of hydrogen-bond donors (Lipinski definition) is 1. The van der Waals surface area contributed by atoms with Gasteiger partial charge in [-0.3, -0.25) is 0 Å². The Bertz CT molecular complexity index is 513. The lowest BCUT2D eigenvalue weighted by Gasteiger charge is -2.58. The third kappa shape index (κ3) is 2.11. The quantitative estimate of drug-likeness (QED) is 0.900. The van der Waals surface area contributed by atoms with Gasteiger partial charge in [-0.15, -0.1) is 0 Å². The first kappa shape index (κ1) is 13.6. The van der Waals surface area contributed by atoms with Crippen LogP contribution in [0.25, 0.3) is 0 Å². The standard InChI is InChI=1S/C19H26O2/c1-12-3-4-17(21-2)16(5-12)18(20)19-9-13-6-14(10-19)8-15(7-13)11-19/h3-5,13-15,18,20H,6-11H2,1-2H3. The number of aryl methyl sites for hydroxylation is 1. The van der Waals surface area contributed by atoms with E-state index in [0.717, 1.165) is 29.1 Å². The van der Waals surface area contributed by atoms with Gasteiger partial charge in [0, 0.05) is 11.0 Å². The van der Waals surface area contributed by atoms with Crippen molar-refractivity contribution in [2.24, 2.45) is 23.2 Å². The summed E-state index contributed by atoms with van der Waals surface area (Å²) < 4.78 is 5.52. The van der Waals surface area contributed by atoms with E-state index in [1.54, 1.807) is 7.11 Å². The Balaban J connectivity index is 1.71. The molecule has 1 atom stereocenters. The molecule has 4 bridgehead atoms. The summed E-state index contributed by atoms with van der Waals surface area (Å²) in [5.74, 6) is 3.44. The summed E-state index contributed by atoms with van der Waals surface area (Å²) in [4.78, 5) is 0. The molecular weight excluding hydrogens is 260 g/mol. The van der Waals surface area contributed by atoms with Gasteiger partial charge in [0.2, 0.25) is 0 Å². The minimum atomic E-state index is -0.360. The Morgan fingerprint density at radius 2 is 1.67 bits per heavy atom. The Morgan fingerprint density at radius 1 is 1.10 bits per heavy atom. The summed E-state index contributed by atoms with van der Waals surface area (Å²) >= 11 is 0. The van der Waals surface area contributed by atoms with E-state index in [-0.39, 0.29) is 11.5 Å². The van der Waals surface area contributed by atoms with Crippen molar-refractivity contribution in [2.75, 3.05) is 7.11 Å². The molecule has 0 amide bonds. The topological polar surface area (TPSA) is 29.5 Å². The van der Waals surface area contributed by atoms with Crippen LogP contribution in [0.4, 0.5) is 0 Å². The molecule has 0 aromatic heterocycles. The Labute approximate surface area is 127 Å². The minimum Gasteiger partial charge on any atom is -0.496 e. The van der Waals surface area contributed by atoms with Crippen molar-refractivity contribution in [1.29, 1.82) is 0 Å². The molecule has 0 aliphatic heterocycles. The molecule has 4 fully saturated rings. The summed E-state index contributed by atoms with van der Waals surface area (Å²) in [7, 11) is 1.71. The smallest absolute Gasteiger partial charge is 0.124 e. The van der Waals surface area contributed by atoms with E-state index in [0.29, 0.717) is 0 Å². The number of ether oxygens (including phenoxy) is 1. The van der Waals surface area contributed by atoms with Crippen LogP contribution in [0.1, 0.15) is 55.8 Å². The maximum Gasteiger partial charge on any atom is 0.124 e. The fourth-order valence-electron chi connectivity index (χ4n) is 5.91. The second kappa shape index (κ2) is 4.74. The van der Waals surface area contributed by atoms with Crippen molar-refractivity contribution in [1.82, 2.24) is 0 Å². The SMILES string of the molecule is COc1ccc(C)cc1C(O)C12CC3CC(CC(C3)C1)C2. The Hall–Kier alpha value is -1.02. The summed E-state index contributed by atoms with van der Waals surface area (Å²) in [6.45, 7) is 2.09. The fraction of sp³-hybridized carbons (Fsp3) is 0.684. The van der Waals surface area contributed by atoms with Crippen molar-refractivity contribution in [3.05, 3.63) is 29.3 Å². The van der Waals surface area contributed by atoms with E-state index < -0.39 is 0 Å². The van der Waals surface area contributed by atoms with Crippen molar-refractivity contribution >= 4 is 0 Å². The van der Waals surface area contributed by atoms with Gasteiger partial charge < -0.3 is 9.84 Å². The van der Waals surface area contributed by atoms with Crippen LogP contribution in [0.2, 0.25) is 0 Å². The van der Waals surface area contributed by atoms with Crippen LogP contribution in [0.5, 0.6) is 5.75 Å². The predicted octanol–water partition coefficient (Wildman–Crippen LogP) is 4.25. The molecule has 0 spiro atoms. The molecule has 1 aromatic rings. The lowest BCUT2D eigenvalue weighted by molar-refractivity contribution is -0.122. The van der Waals surface area contributed by atoms with Gasteiger partial charge in [0.25, 0.3) is 0 Å². The second-order valence-corrected chi connectivity index (χ2v) is 7.93. The van der Waals surface area contributed by atoms with E-state index in [9.17, 15) is 5.11 Å². The first-order valence-electron chi connectivity index (χ1n) is 8.42. The zero-order valence-electron chi connectivity index (χ0n) is 13.1. The van der Waals surface area contributed by atoms with Crippen molar-refractivity contribution < 1.29 is 9.84 Å². The summed E-state index contributed by atoms with van der Waals surface area (Å²) in [5.41, 5.74) is 2.34. The number of methoxy groups -OCH3 is 1. The third-order valence-electron chi connectivity index (χ3n) is 6.35. The Morgan fingerprint density at radius 3 is 2.19 bits per heavy atom. The molecule has 2 heteroatoms. The zero-order chi connectivity index (χ0) is 14.6. The second-order valence-electron chi connectivity index (χ2n) is 7.93. The molecule has 4 aliphatic carbocycles. The van der Waals surface area contributed by atoms with Gasteiger partial charge >= 0.3 is 0 Å². The van der Waals surface area contributed by atoms with E-state index >= 15 is 0 Å². The molecular formula is C19H26O2. The van der Waals surface area contributed by atoms with Crippen LogP contribution >= 0.6 is 0 Å². The summed E-state index contributed by atoms with van der Waals surface area (Å²) in [6, 6.07) is 6.20. The summed E-state index contributed by atoms with van der Waals surface area (Å²) in [5, 5.41) is 11.2. The molecule has 1 unspecified atom stereocenters. The monoisotopic (exact) mass is 286 g/mol. The average molecular weight is 286 g/mol. The van der Waals surface area contributed by atoms with Crippen LogP contribution in [0, 0.1) is 30.1 Å². The van der Waals surface area contributed by atoms with Crippen molar-refractivity contribution in [3.63, 3.8) is 0 Å². The normalized spacial score (nSPS) is 38.5. The van der Waals surface area contributed by atoms with Crippen LogP contribution in [0.15, 0.2) is 18.2 Å². The van der Waals surface area contributed by atoms with Gasteiger partial charge in [0.15, 0.2) is 0 Å². The molecule has 4 saturated carbocycles. The van der Waals surface area contributed by atoms with Crippen LogP contribution < -0.4 is 4.74 Å². The molecule has 0 saturated heterocycles. The molecule has 1 aromatic carbocycles. The molecule has 0 heterocycles. The van der Waals surface area contributed by atoms with Gasteiger partial charge in [-0.25, -0.2) is 0 Å². The molecule has 114 valence electrons. The highest BCUT2D eigenvalue weighted by Gasteiger charge is 2.54. The van der Waals surface area contributed by atoms with Gasteiger partial charge in [0.05, 0.1) is 13.2 Å². The van der Waals surface area contributed by atoms with Crippen LogP contribution in [-0.4, -0.2) is 12.2 Å². The lowest BCUT2D eigenvalue weighted by Crippen LogP contribution is -2.48. The zero-order valence-corrected chi connectivity index (χ0v) is 13.1. The maximum absolute atomic E-state index is 11.2. The molecule has 4 aliphatic rings. The maximum atomic E-state index is 11.2. The molecule has 21 heavy (non-hydrogen) atoms. The highest BCUT2D eigenvalue weighted by molar-refractivity contribution is 5.39. The summed E-state index contributed by atoms with van der Waals surface area (Å²) in [6.07, 6.45) is 7.54. The van der Waals surface area contributed by atoms with Gasteiger partial charge in [-0.1, -0.05) is 11.6 Å². The first-order valence-corrected chi connectivity index (χ1v) is 8.42. The largest absolute Gasteiger partial charge is 0.496 e. The number of rotatable bonds is 3. The van der Waals surface area contributed by atoms with Crippen molar-refractivity contribution in [2.45, 2.75) is 51.6 Å². The molecule has 0 radical (unpaired) electrons. The number of benzene rings is 1. The van der Waals surface area contributed by atoms with Gasteiger partial charge in [0.1, 0.15) is 5.75 Å². The number of hydrogen-bond acceptors (Lipinski definition) is 2. The average Bonchev–Trinajstić information content (AvgIpc) is 2.45. The number of aliphatic hydroxyl groups is 1. The van der Waals surface area contributed by atoms with Crippen LogP contribution in [0.3, 0.4) is 0 Å². The van der Waals surface area contributed by atoms with E-state index in [4.69, 9.17) is 4.74 Å². The highest BCUT2D eigenvalue weighted by Crippen LogP contribution is 2.64. The Kier molecular flexibility index (Phi) is 3.08. The highest BCUT2D eigenvalue weighted by atomic mass is 16.5. The third-order valence-corrected chi connectivity index (χ3v) is 6.35. The lowest BCUT2D eigenvalue weighted by atomic mass is 9.47. The van der Waals surface area contributed by atoms with Gasteiger partial charge in [-0.05, 0) is 75.3 Å². The van der Waals surface area contributed by atoms with Crippen LogP contribution in [-0.2, 0) is 0 Å². The minimum absolute atomic E-state index is 0.121. The molecule has 1 N–H and O–H groups in total. The first-order chi connectivity index (χ1) is 10.1. The van der Waals surface area contributed by atoms with Crippen molar-refractivity contribution in [3.8, 4) is 5.75 Å². The van der Waals surface area contributed by atoms with E-state index in [1.165, 1.54) is 44.1 Å². The molecule has 5 rings (SSSR count). The number of aliphatic hydroxyl groups excluding tert-OH is 1. The molecule has 2 nitrogen and oxygen atoms in total. The predicted molar refractivity (Wildman–Crippen MR) is 83.3 cm³/mol. The van der Waals surface area contributed by atoms with Gasteiger partial charge in [-0.2, -0.15) is 0 Å². The van der Waals surface area contributed by atoms with E-state index in [2.05, 4.69) is 19.1 Å². The fourth-order valence-corrected chi connectivity index (χ4v) is 5.91.